The minimum atomic E-state index is 0.295. The second-order valence-corrected chi connectivity index (χ2v) is 2.74. The van der Waals surface area contributed by atoms with Gasteiger partial charge in [-0.3, -0.25) is 0 Å². The molecule has 0 aliphatic rings. The van der Waals surface area contributed by atoms with Crippen LogP contribution >= 0.6 is 11.5 Å². The van der Waals surface area contributed by atoms with Gasteiger partial charge in [0.1, 0.15) is 11.3 Å². The van der Waals surface area contributed by atoms with Gasteiger partial charge in [0.2, 0.25) is 0 Å². The number of nitrogens with one attached hydrogen (secondary N) is 1. The van der Waals surface area contributed by atoms with Gasteiger partial charge in [-0.15, -0.1) is 0 Å². The molecule has 4 heteroatoms. The molecule has 1 unspecified atom stereocenters. The van der Waals surface area contributed by atoms with E-state index >= 15 is 0 Å². The molecule has 1 atom stereocenters. The third-order valence-corrected chi connectivity index (χ3v) is 1.82. The van der Waals surface area contributed by atoms with E-state index in [0.29, 0.717) is 11.5 Å². The van der Waals surface area contributed by atoms with Gasteiger partial charge in [-0.05, 0) is 25.5 Å². The molecule has 0 saturated carbocycles. The average Bonchev–Trinajstić information content (AvgIpc) is 2.35. The first-order valence-electron chi connectivity index (χ1n) is 3.69. The Morgan fingerprint density at radius 1 is 2.00 bits per heavy atom. The molecule has 1 rings (SSSR count). The van der Waals surface area contributed by atoms with E-state index in [-0.39, 0.29) is 0 Å². The third-order valence-electron chi connectivity index (χ3n) is 1.35. The summed E-state index contributed by atoms with van der Waals surface area (Å²) in [6.45, 7) is 2.06. The van der Waals surface area contributed by atoms with Crippen LogP contribution < -0.4 is 5.32 Å². The van der Waals surface area contributed by atoms with Gasteiger partial charge in [0.25, 0.3) is 0 Å². The van der Waals surface area contributed by atoms with Gasteiger partial charge >= 0.3 is 0 Å². The van der Waals surface area contributed by atoms with Crippen LogP contribution in [0.3, 0.4) is 0 Å². The Hall–Kier alpha value is -0.480. The highest BCUT2D eigenvalue weighted by Gasteiger charge is 2.01. The summed E-state index contributed by atoms with van der Waals surface area (Å²) in [7, 11) is 1.90. The van der Waals surface area contributed by atoms with Crippen molar-refractivity contribution in [2.24, 2.45) is 0 Å². The monoisotopic (exact) mass is 158 g/mol. The van der Waals surface area contributed by atoms with Crippen molar-refractivity contribution in [2.75, 3.05) is 7.05 Å². The van der Waals surface area contributed by atoms with E-state index in [9.17, 15) is 0 Å². The number of likely N-dealkylation sites (N-methyl/N-ethyl adjacent to an activating group) is 1. The molecular weight excluding hydrogens is 146 g/mol. The molecule has 3 nitrogen and oxygen atoms in total. The van der Waals surface area contributed by atoms with Crippen LogP contribution in [-0.4, -0.2) is 22.4 Å². The van der Waals surface area contributed by atoms with Gasteiger partial charge in [-0.1, -0.05) is 0 Å². The first kappa shape index (κ1) is 6.24. The molecule has 0 bridgehead atoms. The van der Waals surface area contributed by atoms with Crippen molar-refractivity contribution in [1.29, 1.82) is 0 Å². The maximum atomic E-state index is 7.14. The van der Waals surface area contributed by atoms with Gasteiger partial charge in [-0.2, -0.15) is 4.37 Å². The van der Waals surface area contributed by atoms with Gasteiger partial charge < -0.3 is 5.32 Å². The molecule has 0 aromatic carbocycles. The summed E-state index contributed by atoms with van der Waals surface area (Å²) in [6.07, 6.45) is 0.797. The molecule has 0 fully saturated rings. The predicted octanol–water partition coefficient (Wildman–Crippen LogP) is 0.689. The number of hydrogen-bond acceptors (Lipinski definition) is 4. The summed E-state index contributed by atoms with van der Waals surface area (Å²) in [6, 6.07) is 0.379. The average molecular weight is 158 g/mol. The zero-order chi connectivity index (χ0) is 8.27. The fourth-order valence-electron chi connectivity index (χ4n) is 0.625. The molecule has 56 valence electrons. The summed E-state index contributed by atoms with van der Waals surface area (Å²) in [5.74, 6) is 0.766. The Bertz CT molecular complexity index is 225. The summed E-state index contributed by atoms with van der Waals surface area (Å²) >= 11 is 1.13. The van der Waals surface area contributed by atoms with Crippen molar-refractivity contribution in [3.05, 3.63) is 11.3 Å². The smallest absolute Gasteiger partial charge is 0.143 e. The van der Waals surface area contributed by atoms with Crippen LogP contribution in [0.5, 0.6) is 0 Å². The molecule has 0 saturated heterocycles. The van der Waals surface area contributed by atoms with E-state index in [1.165, 1.54) is 0 Å². The minimum Gasteiger partial charge on any atom is -0.317 e. The molecular formula is C6H11N3S. The lowest BCUT2D eigenvalue weighted by Crippen LogP contribution is -2.23. The van der Waals surface area contributed by atoms with Crippen LogP contribution in [-0.2, 0) is 6.42 Å². The first-order chi connectivity index (χ1) is 5.22. The van der Waals surface area contributed by atoms with Gasteiger partial charge in [0.15, 0.2) is 0 Å². The molecule has 0 aliphatic carbocycles. The van der Waals surface area contributed by atoms with Crippen LogP contribution in [0, 0.1) is 0 Å². The van der Waals surface area contributed by atoms with Crippen molar-refractivity contribution in [2.45, 2.75) is 19.4 Å². The van der Waals surface area contributed by atoms with Crippen LogP contribution in [0.2, 0.25) is 0 Å². The molecule has 0 amide bonds. The van der Waals surface area contributed by atoms with E-state index in [2.05, 4.69) is 21.6 Å². The second kappa shape index (κ2) is 3.63. The first-order valence-corrected chi connectivity index (χ1v) is 3.96. The summed E-state index contributed by atoms with van der Waals surface area (Å²) in [4.78, 5) is 3.93. The molecule has 0 spiro atoms. The number of hydrogen-bond donors (Lipinski definition) is 1. The number of nitrogens with zero attached hydrogens (tertiary/aromatic N) is 2. The highest BCUT2D eigenvalue weighted by molar-refractivity contribution is 7.03. The van der Waals surface area contributed by atoms with Crippen LogP contribution in [0.1, 0.15) is 14.1 Å². The minimum absolute atomic E-state index is 0.295. The summed E-state index contributed by atoms with van der Waals surface area (Å²) in [5, 5.41) is 3.09. The van der Waals surface area contributed by atoms with Crippen molar-refractivity contribution < 1.29 is 1.37 Å². The lowest BCUT2D eigenvalue weighted by molar-refractivity contribution is 0.595. The molecule has 1 aromatic rings. The SMILES string of the molecule is [2H]c1nc(CC(C)NC)ns1. The van der Waals surface area contributed by atoms with Gasteiger partial charge in [0.05, 0.1) is 1.37 Å². The number of aromatic nitrogens is 2. The molecule has 1 aromatic heterocycles. The Morgan fingerprint density at radius 2 is 2.80 bits per heavy atom. The van der Waals surface area contributed by atoms with E-state index in [1.807, 2.05) is 7.05 Å². The zero-order valence-corrected chi connectivity index (χ0v) is 6.90. The highest BCUT2D eigenvalue weighted by atomic mass is 32.1. The van der Waals surface area contributed by atoms with Crippen LogP contribution in [0.4, 0.5) is 0 Å². The lowest BCUT2D eigenvalue weighted by atomic mass is 10.2. The van der Waals surface area contributed by atoms with Gasteiger partial charge in [-0.25, -0.2) is 4.98 Å². The maximum Gasteiger partial charge on any atom is 0.143 e. The van der Waals surface area contributed by atoms with E-state index < -0.39 is 0 Å². The summed E-state index contributed by atoms with van der Waals surface area (Å²) in [5.41, 5.74) is 0.295. The van der Waals surface area contributed by atoms with E-state index in [1.54, 1.807) is 0 Å². The van der Waals surface area contributed by atoms with Crippen molar-refractivity contribution in [3.8, 4) is 0 Å². The van der Waals surface area contributed by atoms with Gasteiger partial charge in [0, 0.05) is 12.5 Å². The molecule has 1 heterocycles. The Labute approximate surface area is 66.1 Å². The van der Waals surface area contributed by atoms with Crippen LogP contribution in [0.25, 0.3) is 0 Å². The zero-order valence-electron chi connectivity index (χ0n) is 7.09. The lowest BCUT2D eigenvalue weighted by Gasteiger charge is -2.05. The Balaban J connectivity index is 2.50. The summed E-state index contributed by atoms with van der Waals surface area (Å²) < 4.78 is 11.1. The van der Waals surface area contributed by atoms with E-state index in [4.69, 9.17) is 1.37 Å². The van der Waals surface area contributed by atoms with E-state index in [0.717, 1.165) is 23.8 Å². The van der Waals surface area contributed by atoms with Crippen molar-refractivity contribution >= 4 is 11.5 Å². The van der Waals surface area contributed by atoms with Crippen molar-refractivity contribution in [1.82, 2.24) is 14.7 Å². The third kappa shape index (κ3) is 2.04. The quantitative estimate of drug-likeness (QED) is 0.703. The largest absolute Gasteiger partial charge is 0.317 e. The molecule has 10 heavy (non-hydrogen) atoms. The predicted molar refractivity (Wildman–Crippen MR) is 42.1 cm³/mol. The maximum absolute atomic E-state index is 7.14. The topological polar surface area (TPSA) is 37.8 Å². The number of rotatable bonds is 3. The molecule has 0 radical (unpaired) electrons. The fourth-order valence-corrected chi connectivity index (χ4v) is 1.03. The fraction of sp³-hybridized carbons (Fsp3) is 0.667. The molecule has 1 N–H and O–H groups in total. The van der Waals surface area contributed by atoms with Crippen LogP contribution in [0.15, 0.2) is 5.49 Å². The normalized spacial score (nSPS) is 14.8. The van der Waals surface area contributed by atoms with Crippen molar-refractivity contribution in [3.63, 3.8) is 0 Å². The second-order valence-electron chi connectivity index (χ2n) is 2.20. The standard InChI is InChI=1S/C6H11N3S/c1-5(7-2)3-6-8-4-10-9-6/h4-5,7H,3H2,1-2H3/i4D. The Kier molecular flexibility index (Phi) is 2.27. The Morgan fingerprint density at radius 3 is 3.30 bits per heavy atom. The highest BCUT2D eigenvalue weighted by Crippen LogP contribution is 1.97. The molecule has 0 aliphatic heterocycles.